The third-order valence-electron chi connectivity index (χ3n) is 21.9. The number of nitrogens with one attached hydrogen (secondary N) is 1. The molecule has 3 atom stereocenters. The molecule has 3 amide bonds. The smallest absolute Gasteiger partial charge is 0.341 e. The number of aromatic nitrogens is 1. The molecule has 14 heteroatoms. The highest BCUT2D eigenvalue weighted by Gasteiger charge is 2.48. The Kier molecular flexibility index (Phi) is 22.3. The lowest BCUT2D eigenvalue weighted by Gasteiger charge is -2.49. The van der Waals surface area contributed by atoms with Crippen LogP contribution < -0.4 is 5.32 Å². The van der Waals surface area contributed by atoms with Crippen molar-refractivity contribution in [3.8, 4) is 0 Å². The number of fused-ring (bicyclic) bond motifs is 6. The summed E-state index contributed by atoms with van der Waals surface area (Å²) in [7, 11) is 0. The molecule has 0 radical (unpaired) electrons. The molecule has 0 saturated carbocycles. The predicted octanol–water partition coefficient (Wildman–Crippen LogP) is 16.4. The van der Waals surface area contributed by atoms with Crippen molar-refractivity contribution in [2.45, 2.75) is 232 Å². The molecule has 4 aromatic rings. The van der Waals surface area contributed by atoms with Crippen LogP contribution in [0.3, 0.4) is 0 Å². The summed E-state index contributed by atoms with van der Waals surface area (Å²) in [4.78, 5) is 53.4. The highest BCUT2D eigenvalue weighted by Crippen LogP contribution is 2.53. The number of halogens is 4. The van der Waals surface area contributed by atoms with Gasteiger partial charge in [0.15, 0.2) is 0 Å². The van der Waals surface area contributed by atoms with Crippen molar-refractivity contribution in [2.75, 3.05) is 72.0 Å². The number of pyridine rings is 1. The van der Waals surface area contributed by atoms with E-state index in [1.165, 1.54) is 74.0 Å². The fourth-order valence-electron chi connectivity index (χ4n) is 16.1. The van der Waals surface area contributed by atoms with Gasteiger partial charge >= 0.3 is 12.1 Å². The van der Waals surface area contributed by atoms with Crippen LogP contribution in [0.25, 0.3) is 0 Å². The first-order valence-electron chi connectivity index (χ1n) is 34.6. The number of piperidine rings is 4. The molecule has 10 nitrogen and oxygen atoms in total. The number of hydrogen-bond donors (Lipinski definition) is 1. The van der Waals surface area contributed by atoms with E-state index in [0.29, 0.717) is 35.5 Å². The molecule has 0 bridgehead atoms. The third kappa shape index (κ3) is 17.3. The van der Waals surface area contributed by atoms with E-state index in [4.69, 9.17) is 0 Å². The molecular formula is C76H111F4N7O3. The zero-order chi connectivity index (χ0) is 64.7. The van der Waals surface area contributed by atoms with Gasteiger partial charge in [0, 0.05) is 33.3 Å². The standard InChI is InChI=1S/C29H41N3O.C25H37FN2O.C22H31F3N2O.H2/c1-5-32(27(33)22-23-11-17-30-18-12-23)26-10-13-29(25-9-7-6-8-24(25)26)15-20-31(21-16-29)19-14-28(2,3)4;1-24(2,3)11-15-27-16-12-25(13-17-27)10-9-22(28-14-5-4-6-23(28)29)20-8-7-19(26)18-21(20)25;1-20(2,3)10-13-27-14-11-21(12-15-27)9-8-18(26-19(28)22(23,24)25)16-6-4-5-7-17(16)21;/h6-9,11-12,17-18,26H,5,10,13-16,19-22H2,1-4H3;7-8,18,22H,4-6,9-17H2,1-3H3;4-7,18H,8-15H2,1-3H3,(H,26,28);1H/t26-;22-;18-;/m000./s1. The first-order chi connectivity index (χ1) is 42.6. The van der Waals surface area contributed by atoms with Gasteiger partial charge in [0.1, 0.15) is 5.82 Å². The van der Waals surface area contributed by atoms with E-state index in [9.17, 15) is 31.9 Å². The second-order valence-corrected chi connectivity index (χ2v) is 31.6. The molecule has 1 aromatic heterocycles. The fraction of sp³-hybridized carbons (Fsp3) is 0.658. The molecule has 3 aliphatic carbocycles. The highest BCUT2D eigenvalue weighted by atomic mass is 19.4. The molecule has 4 saturated heterocycles. The van der Waals surface area contributed by atoms with E-state index in [-0.39, 0.29) is 47.4 Å². The third-order valence-corrected chi connectivity index (χ3v) is 21.9. The van der Waals surface area contributed by atoms with E-state index < -0.39 is 18.1 Å². The van der Waals surface area contributed by atoms with Crippen LogP contribution in [0.1, 0.15) is 243 Å². The van der Waals surface area contributed by atoms with Crippen molar-refractivity contribution in [1.29, 1.82) is 0 Å². The van der Waals surface area contributed by atoms with Crippen molar-refractivity contribution in [1.82, 2.24) is 34.8 Å². The largest absolute Gasteiger partial charge is 0.471 e. The molecule has 496 valence electrons. The summed E-state index contributed by atoms with van der Waals surface area (Å²) in [5, 5.41) is 2.21. The average molecular weight is 1250 g/mol. The molecule has 1 N–H and O–H groups in total. The number of nitrogens with zero attached hydrogens (tertiary/aromatic N) is 6. The maximum Gasteiger partial charge on any atom is 0.471 e. The quantitative estimate of drug-likeness (QED) is 0.141. The highest BCUT2D eigenvalue weighted by molar-refractivity contribution is 5.82. The van der Waals surface area contributed by atoms with E-state index in [2.05, 4.69) is 128 Å². The number of hydrogen-bond acceptors (Lipinski definition) is 7. The minimum absolute atomic E-state index is 0. The minimum atomic E-state index is -4.84. The lowest BCUT2D eigenvalue weighted by molar-refractivity contribution is -0.174. The summed E-state index contributed by atoms with van der Waals surface area (Å²) >= 11 is 0. The van der Waals surface area contributed by atoms with E-state index in [0.717, 1.165) is 140 Å². The van der Waals surface area contributed by atoms with Crippen LogP contribution in [0, 0.1) is 22.1 Å². The van der Waals surface area contributed by atoms with Gasteiger partial charge in [-0.25, -0.2) is 4.39 Å². The van der Waals surface area contributed by atoms with Gasteiger partial charge in [0.2, 0.25) is 11.8 Å². The maximum atomic E-state index is 14.3. The average Bonchev–Trinajstić information content (AvgIpc) is 0.820. The summed E-state index contributed by atoms with van der Waals surface area (Å²) < 4.78 is 52.4. The Hall–Kier alpha value is -5.18. The molecule has 3 aromatic carbocycles. The second-order valence-electron chi connectivity index (χ2n) is 31.6. The molecule has 3 spiro atoms. The first kappa shape index (κ1) is 69.2. The summed E-state index contributed by atoms with van der Waals surface area (Å²) in [6.07, 6.45) is 18.0. The monoisotopic (exact) mass is 1250 g/mol. The number of rotatable bonds is 12. The van der Waals surface area contributed by atoms with Crippen molar-refractivity contribution in [2.24, 2.45) is 16.2 Å². The van der Waals surface area contributed by atoms with Gasteiger partial charge in [-0.15, -0.1) is 0 Å². The molecule has 90 heavy (non-hydrogen) atoms. The van der Waals surface area contributed by atoms with Gasteiger partial charge in [-0.3, -0.25) is 19.4 Å². The topological polar surface area (TPSA) is 92.3 Å². The van der Waals surface area contributed by atoms with Crippen LogP contribution in [-0.2, 0) is 37.0 Å². The number of amides is 3. The van der Waals surface area contributed by atoms with Crippen molar-refractivity contribution < 1.29 is 33.4 Å². The van der Waals surface area contributed by atoms with Crippen molar-refractivity contribution >= 4 is 17.7 Å². The second kappa shape index (κ2) is 29.0. The first-order valence-corrected chi connectivity index (χ1v) is 34.6. The summed E-state index contributed by atoms with van der Waals surface area (Å²) in [5.41, 5.74) is 9.79. The molecular weight excluding hydrogens is 1130 g/mol. The lowest BCUT2D eigenvalue weighted by Crippen LogP contribution is -2.48. The minimum Gasteiger partial charge on any atom is -0.341 e. The van der Waals surface area contributed by atoms with E-state index >= 15 is 0 Å². The summed E-state index contributed by atoms with van der Waals surface area (Å²) in [6.45, 7) is 34.5. The van der Waals surface area contributed by atoms with E-state index in [1.807, 2.05) is 42.5 Å². The summed E-state index contributed by atoms with van der Waals surface area (Å²) in [5.74, 6) is -1.48. The van der Waals surface area contributed by atoms with Gasteiger partial charge in [-0.05, 0) is 271 Å². The van der Waals surface area contributed by atoms with Gasteiger partial charge in [0.05, 0.1) is 24.5 Å². The van der Waals surface area contributed by atoms with Gasteiger partial charge < -0.3 is 29.8 Å². The van der Waals surface area contributed by atoms with Crippen molar-refractivity contribution in [3.05, 3.63) is 136 Å². The Bertz CT molecular complexity index is 3020. The molecule has 4 aliphatic heterocycles. The Morgan fingerprint density at radius 2 is 1.07 bits per heavy atom. The normalized spacial score (nSPS) is 22.7. The fourth-order valence-corrected chi connectivity index (χ4v) is 16.1. The predicted molar refractivity (Wildman–Crippen MR) is 357 cm³/mol. The number of benzene rings is 3. The summed E-state index contributed by atoms with van der Waals surface area (Å²) in [6, 6.07) is 25.8. The number of alkyl halides is 3. The molecule has 5 heterocycles. The maximum absolute atomic E-state index is 14.3. The van der Waals surface area contributed by atoms with Gasteiger partial charge in [-0.2, -0.15) is 13.2 Å². The van der Waals surface area contributed by atoms with Gasteiger partial charge in [-0.1, -0.05) is 117 Å². The van der Waals surface area contributed by atoms with E-state index in [1.54, 1.807) is 24.5 Å². The molecule has 7 aliphatic rings. The molecule has 11 rings (SSSR count). The Balaban J connectivity index is 0.000000176. The Morgan fingerprint density at radius 3 is 1.57 bits per heavy atom. The lowest BCUT2D eigenvalue weighted by atomic mass is 9.63. The van der Waals surface area contributed by atoms with Crippen LogP contribution in [0.4, 0.5) is 17.6 Å². The van der Waals surface area contributed by atoms with Crippen LogP contribution >= 0.6 is 0 Å². The molecule has 4 fully saturated rings. The number of carbonyl (C=O) groups excluding carboxylic acids is 3. The van der Waals surface area contributed by atoms with Crippen LogP contribution in [0.15, 0.2) is 91.3 Å². The zero-order valence-electron chi connectivity index (χ0n) is 56.5. The zero-order valence-corrected chi connectivity index (χ0v) is 56.5. The van der Waals surface area contributed by atoms with Crippen LogP contribution in [0.5, 0.6) is 0 Å². The molecule has 0 unspecified atom stereocenters. The van der Waals surface area contributed by atoms with Gasteiger partial charge in [0.25, 0.3) is 0 Å². The number of carbonyl (C=O) groups is 3. The van der Waals surface area contributed by atoms with Crippen LogP contribution in [0.2, 0.25) is 0 Å². The Labute approximate surface area is 539 Å². The number of likely N-dealkylation sites (N-methyl/N-ethyl adjacent to an activating group) is 1. The Morgan fingerprint density at radius 1 is 0.589 bits per heavy atom. The van der Waals surface area contributed by atoms with Crippen molar-refractivity contribution in [3.63, 3.8) is 0 Å². The van der Waals surface area contributed by atoms with Crippen LogP contribution in [-0.4, -0.2) is 125 Å². The number of likely N-dealkylation sites (tertiary alicyclic amines) is 4. The SMILES string of the molecule is CC(C)(C)CCN1CCC2(CC[C@H](N3CCCCC3=O)c3ccc(F)cc32)CC1.CC(C)(C)CCN1CCC2(CC[C@H](NC(=O)C(F)(F)F)c3ccccc32)CC1.CCN(C(=O)Cc1ccncc1)[C@H]1CCC2(CCN(CCC(C)(C)C)CC2)c2ccccc21.[HH].